The molecule has 0 bridgehead atoms. The maximum absolute atomic E-state index is 5.15. The van der Waals surface area contributed by atoms with Gasteiger partial charge in [-0.05, 0) is 53.7 Å². The highest BCUT2D eigenvalue weighted by atomic mass is 15.2. The summed E-state index contributed by atoms with van der Waals surface area (Å²) in [6, 6.07) is 53.9. The van der Waals surface area contributed by atoms with Crippen molar-refractivity contribution in [1.82, 2.24) is 19.9 Å². The van der Waals surface area contributed by atoms with E-state index in [-0.39, 0.29) is 0 Å². The summed E-state index contributed by atoms with van der Waals surface area (Å²) in [7, 11) is 0. The third-order valence-electron chi connectivity index (χ3n) is 9.19. The number of aromatic nitrogens is 4. The largest absolute Gasteiger partial charge is 0.335 e. The molecule has 0 saturated heterocycles. The van der Waals surface area contributed by atoms with Crippen molar-refractivity contribution < 1.29 is 0 Å². The molecular formula is C44H30N6. The van der Waals surface area contributed by atoms with Crippen LogP contribution < -0.4 is 4.90 Å². The average molecular weight is 643 g/mol. The zero-order valence-electron chi connectivity index (χ0n) is 27.1. The van der Waals surface area contributed by atoms with Gasteiger partial charge in [0.25, 0.3) is 0 Å². The van der Waals surface area contributed by atoms with Crippen molar-refractivity contribution >= 4 is 34.7 Å². The minimum atomic E-state index is 0.629. The molecule has 6 nitrogen and oxygen atoms in total. The molecule has 6 aromatic carbocycles. The summed E-state index contributed by atoms with van der Waals surface area (Å²) < 4.78 is 0. The van der Waals surface area contributed by atoms with E-state index in [9.17, 15) is 0 Å². The molecule has 0 unspecified atom stereocenters. The molecule has 0 aliphatic carbocycles. The monoisotopic (exact) mass is 642 g/mol. The summed E-state index contributed by atoms with van der Waals surface area (Å²) in [5.74, 6) is 1.91. The Morgan fingerprint density at radius 2 is 1.04 bits per heavy atom. The van der Waals surface area contributed by atoms with E-state index in [0.717, 1.165) is 67.0 Å². The van der Waals surface area contributed by atoms with Crippen LogP contribution in [0, 0.1) is 0 Å². The second kappa shape index (κ2) is 12.3. The van der Waals surface area contributed by atoms with Gasteiger partial charge in [0.1, 0.15) is 0 Å². The predicted molar refractivity (Wildman–Crippen MR) is 204 cm³/mol. The van der Waals surface area contributed by atoms with Crippen molar-refractivity contribution in [2.45, 2.75) is 6.54 Å². The van der Waals surface area contributed by atoms with Gasteiger partial charge in [-0.25, -0.2) is 19.9 Å². The summed E-state index contributed by atoms with van der Waals surface area (Å²) in [4.78, 5) is 26.5. The van der Waals surface area contributed by atoms with Crippen molar-refractivity contribution in [3.63, 3.8) is 0 Å². The van der Waals surface area contributed by atoms with E-state index >= 15 is 0 Å². The first-order valence-electron chi connectivity index (χ1n) is 16.6. The summed E-state index contributed by atoms with van der Waals surface area (Å²) in [5, 5.41) is 1.13. The van der Waals surface area contributed by atoms with Crippen LogP contribution in [-0.2, 0) is 6.54 Å². The molecule has 0 amide bonds. The number of benzene rings is 6. The van der Waals surface area contributed by atoms with Gasteiger partial charge in [0.15, 0.2) is 17.5 Å². The molecule has 0 radical (unpaired) electrons. The Bertz CT molecular complexity index is 2470. The van der Waals surface area contributed by atoms with Gasteiger partial charge in [0, 0.05) is 27.6 Å². The lowest BCUT2D eigenvalue weighted by Gasteiger charge is -2.33. The van der Waals surface area contributed by atoms with Gasteiger partial charge in [0.2, 0.25) is 0 Å². The predicted octanol–water partition coefficient (Wildman–Crippen LogP) is 10.7. The molecule has 6 heteroatoms. The molecule has 1 aliphatic heterocycles. The molecule has 9 rings (SSSR count). The van der Waals surface area contributed by atoms with Crippen LogP contribution in [0.3, 0.4) is 0 Å². The Labute approximate surface area is 290 Å². The Kier molecular flexibility index (Phi) is 7.25. The van der Waals surface area contributed by atoms with E-state index in [2.05, 4.69) is 89.4 Å². The van der Waals surface area contributed by atoms with E-state index in [1.807, 2.05) is 84.9 Å². The van der Waals surface area contributed by atoms with Crippen LogP contribution in [0.15, 0.2) is 163 Å². The van der Waals surface area contributed by atoms with Crippen LogP contribution in [0.25, 0.3) is 67.5 Å². The van der Waals surface area contributed by atoms with E-state index < -0.39 is 0 Å². The molecule has 3 heterocycles. The van der Waals surface area contributed by atoms with Gasteiger partial charge in [-0.3, -0.25) is 4.99 Å². The summed E-state index contributed by atoms with van der Waals surface area (Å²) in [6.07, 6.45) is 0. The quantitative estimate of drug-likeness (QED) is 0.169. The maximum Gasteiger partial charge on any atom is 0.164 e. The van der Waals surface area contributed by atoms with Gasteiger partial charge in [-0.15, -0.1) is 0 Å². The molecule has 1 aliphatic rings. The SMILES string of the molecule is C=Nc1ccccc1N1Cc2cc3ccccc3nc2-c2ccc(-c3ccc(-c4nc(-c5ccccc5)nc(-c5ccccc5)n4)cc3)cc21. The van der Waals surface area contributed by atoms with Gasteiger partial charge >= 0.3 is 0 Å². The fraction of sp³-hybridized carbons (Fsp3) is 0.0227. The molecule has 236 valence electrons. The van der Waals surface area contributed by atoms with Crippen molar-refractivity contribution in [3.05, 3.63) is 163 Å². The van der Waals surface area contributed by atoms with E-state index in [4.69, 9.17) is 19.9 Å². The number of pyridine rings is 1. The Morgan fingerprint density at radius 1 is 0.480 bits per heavy atom. The molecule has 8 aromatic rings. The van der Waals surface area contributed by atoms with Gasteiger partial charge < -0.3 is 4.90 Å². The number of fused-ring (bicyclic) bond motifs is 4. The fourth-order valence-electron chi connectivity index (χ4n) is 6.69. The maximum atomic E-state index is 5.15. The zero-order valence-corrected chi connectivity index (χ0v) is 27.1. The highest BCUT2D eigenvalue weighted by Gasteiger charge is 2.27. The number of hydrogen-bond donors (Lipinski definition) is 0. The Morgan fingerprint density at radius 3 is 1.72 bits per heavy atom. The third-order valence-corrected chi connectivity index (χ3v) is 9.19. The van der Waals surface area contributed by atoms with E-state index in [1.165, 1.54) is 5.56 Å². The third kappa shape index (κ3) is 5.29. The average Bonchev–Trinajstić information content (AvgIpc) is 3.20. The molecule has 2 aromatic heterocycles. The summed E-state index contributed by atoms with van der Waals surface area (Å²) in [5.41, 5.74) is 12.2. The van der Waals surface area contributed by atoms with Crippen molar-refractivity contribution in [2.24, 2.45) is 4.99 Å². The molecule has 50 heavy (non-hydrogen) atoms. The van der Waals surface area contributed by atoms with Crippen LogP contribution in [0.1, 0.15) is 5.56 Å². The van der Waals surface area contributed by atoms with Crippen LogP contribution >= 0.6 is 0 Å². The van der Waals surface area contributed by atoms with Crippen LogP contribution in [0.5, 0.6) is 0 Å². The first kappa shape index (κ1) is 29.4. The molecule has 0 atom stereocenters. The highest BCUT2D eigenvalue weighted by molar-refractivity contribution is 5.94. The number of para-hydroxylation sites is 3. The zero-order chi connectivity index (χ0) is 33.4. The molecule has 0 spiro atoms. The molecule has 0 N–H and O–H groups in total. The van der Waals surface area contributed by atoms with Gasteiger partial charge in [0.05, 0.1) is 34.8 Å². The standard InChI is InChI=1S/C44H30N6/c1-45-38-18-10-11-19-39(38)50-28-35-26-34-16-8-9-17-37(34)46-41(35)36-25-24-33(27-40(36)50)29-20-22-32(23-21-29)44-48-42(30-12-4-2-5-13-30)47-43(49-44)31-14-6-3-7-15-31/h2-27H,1,28H2. The Balaban J connectivity index is 1.14. The lowest BCUT2D eigenvalue weighted by molar-refractivity contribution is 0.953. The topological polar surface area (TPSA) is 67.2 Å². The lowest BCUT2D eigenvalue weighted by atomic mass is 9.93. The van der Waals surface area contributed by atoms with Crippen LogP contribution in [0.4, 0.5) is 17.1 Å². The minimum absolute atomic E-state index is 0.629. The highest BCUT2D eigenvalue weighted by Crippen LogP contribution is 2.46. The lowest BCUT2D eigenvalue weighted by Crippen LogP contribution is -2.22. The molecular weight excluding hydrogens is 613 g/mol. The number of hydrogen-bond acceptors (Lipinski definition) is 6. The van der Waals surface area contributed by atoms with Crippen molar-refractivity contribution in [3.8, 4) is 56.5 Å². The fourth-order valence-corrected chi connectivity index (χ4v) is 6.69. The second-order valence-corrected chi connectivity index (χ2v) is 12.3. The van der Waals surface area contributed by atoms with Crippen molar-refractivity contribution in [1.29, 1.82) is 0 Å². The first-order valence-corrected chi connectivity index (χ1v) is 16.6. The normalized spacial score (nSPS) is 12.0. The van der Waals surface area contributed by atoms with Crippen LogP contribution in [0.2, 0.25) is 0 Å². The summed E-state index contributed by atoms with van der Waals surface area (Å²) in [6.45, 7) is 4.54. The summed E-state index contributed by atoms with van der Waals surface area (Å²) >= 11 is 0. The van der Waals surface area contributed by atoms with E-state index in [0.29, 0.717) is 24.0 Å². The first-order chi connectivity index (χ1) is 24.7. The van der Waals surface area contributed by atoms with Crippen molar-refractivity contribution in [2.75, 3.05) is 4.90 Å². The number of nitrogens with zero attached hydrogens (tertiary/aromatic N) is 6. The Hall–Kier alpha value is -6.79. The van der Waals surface area contributed by atoms with E-state index in [1.54, 1.807) is 0 Å². The van der Waals surface area contributed by atoms with Gasteiger partial charge in [-0.2, -0.15) is 0 Å². The van der Waals surface area contributed by atoms with Gasteiger partial charge in [-0.1, -0.05) is 127 Å². The number of aliphatic imine (C=N–C) groups is 1. The number of rotatable bonds is 6. The van der Waals surface area contributed by atoms with Crippen LogP contribution in [-0.4, -0.2) is 26.7 Å². The molecule has 0 fully saturated rings. The number of anilines is 2. The smallest absolute Gasteiger partial charge is 0.164 e. The molecule has 0 saturated carbocycles. The second-order valence-electron chi connectivity index (χ2n) is 12.3. The minimum Gasteiger partial charge on any atom is -0.335 e.